The highest BCUT2D eigenvalue weighted by atomic mass is 32.2. The zero-order valence-corrected chi connectivity index (χ0v) is 21.9. The summed E-state index contributed by atoms with van der Waals surface area (Å²) in [7, 11) is -3.99. The van der Waals surface area contributed by atoms with Crippen molar-refractivity contribution in [1.82, 2.24) is 9.62 Å². The minimum Gasteiger partial charge on any atom is -0.507 e. The van der Waals surface area contributed by atoms with Crippen LogP contribution in [0.4, 0.5) is 0 Å². The number of amides is 1. The van der Waals surface area contributed by atoms with E-state index in [1.54, 1.807) is 29.2 Å². The van der Waals surface area contributed by atoms with Crippen LogP contribution in [0.2, 0.25) is 0 Å². The maximum absolute atomic E-state index is 13.1. The van der Waals surface area contributed by atoms with E-state index in [0.717, 1.165) is 28.8 Å². The Morgan fingerprint density at radius 2 is 1.26 bits per heavy atom. The van der Waals surface area contributed by atoms with Crippen molar-refractivity contribution in [3.8, 4) is 5.75 Å². The van der Waals surface area contributed by atoms with Crippen molar-refractivity contribution in [3.63, 3.8) is 0 Å². The second-order valence-electron chi connectivity index (χ2n) is 8.79. The minimum absolute atomic E-state index is 0.0526. The molecule has 0 aromatic heterocycles. The van der Waals surface area contributed by atoms with Crippen LogP contribution in [0.3, 0.4) is 0 Å². The van der Waals surface area contributed by atoms with Gasteiger partial charge in [0.2, 0.25) is 10.0 Å². The number of esters is 1. The number of hydrogen-bond acceptors (Lipinski definition) is 6. The second kappa shape index (κ2) is 12.9. The molecule has 4 rings (SSSR count). The molecule has 4 aromatic carbocycles. The maximum atomic E-state index is 13.1. The lowest BCUT2D eigenvalue weighted by atomic mass is 10.1. The van der Waals surface area contributed by atoms with E-state index >= 15 is 0 Å². The molecular weight excluding hydrogens is 516 g/mol. The van der Waals surface area contributed by atoms with Gasteiger partial charge in [-0.25, -0.2) is 17.9 Å². The molecule has 8 nitrogen and oxygen atoms in total. The zero-order chi connectivity index (χ0) is 27.7. The van der Waals surface area contributed by atoms with Crippen LogP contribution in [0.15, 0.2) is 114 Å². The van der Waals surface area contributed by atoms with Crippen LogP contribution in [0, 0.1) is 0 Å². The molecule has 0 fully saturated rings. The molecule has 0 saturated heterocycles. The van der Waals surface area contributed by atoms with E-state index in [2.05, 4.69) is 4.72 Å². The number of benzene rings is 4. The summed E-state index contributed by atoms with van der Waals surface area (Å²) in [6.45, 7) is 0.0779. The van der Waals surface area contributed by atoms with Gasteiger partial charge in [0.1, 0.15) is 11.3 Å². The number of carbonyl (C=O) groups excluding carboxylic acids is 2. The summed E-state index contributed by atoms with van der Waals surface area (Å²) < 4.78 is 33.3. The van der Waals surface area contributed by atoms with Gasteiger partial charge in [-0.2, -0.15) is 0 Å². The summed E-state index contributed by atoms with van der Waals surface area (Å²) >= 11 is 0. The molecule has 0 aliphatic heterocycles. The van der Waals surface area contributed by atoms with Crippen molar-refractivity contribution in [2.24, 2.45) is 0 Å². The monoisotopic (exact) mass is 544 g/mol. The van der Waals surface area contributed by atoms with Crippen LogP contribution in [-0.4, -0.2) is 36.9 Å². The Bertz CT molecular complexity index is 1470. The van der Waals surface area contributed by atoms with Crippen molar-refractivity contribution >= 4 is 21.9 Å². The van der Waals surface area contributed by atoms with Gasteiger partial charge in [-0.3, -0.25) is 4.79 Å². The van der Waals surface area contributed by atoms with Gasteiger partial charge in [0, 0.05) is 19.6 Å². The molecular formula is C30H28N2O6S. The van der Waals surface area contributed by atoms with E-state index in [-0.39, 0.29) is 17.0 Å². The smallest absolute Gasteiger partial charge is 0.342 e. The Hall–Kier alpha value is -4.47. The van der Waals surface area contributed by atoms with Crippen LogP contribution in [0.1, 0.15) is 27.0 Å². The lowest BCUT2D eigenvalue weighted by Crippen LogP contribution is -2.34. The molecule has 39 heavy (non-hydrogen) atoms. The Morgan fingerprint density at radius 3 is 1.79 bits per heavy atom. The molecule has 9 heteroatoms. The van der Waals surface area contributed by atoms with Crippen LogP contribution < -0.4 is 4.72 Å². The SMILES string of the molecule is O=C(OCC(=O)N(Cc1ccccc1)Cc1ccccc1)c1cc(S(=O)(=O)NCc2ccccc2)ccc1O. The third-order valence-corrected chi connectivity index (χ3v) is 7.32. The number of rotatable bonds is 11. The van der Waals surface area contributed by atoms with E-state index < -0.39 is 34.3 Å². The second-order valence-corrected chi connectivity index (χ2v) is 10.6. The van der Waals surface area contributed by atoms with E-state index in [1.165, 1.54) is 6.07 Å². The van der Waals surface area contributed by atoms with Crippen LogP contribution >= 0.6 is 0 Å². The van der Waals surface area contributed by atoms with Crippen molar-refractivity contribution in [3.05, 3.63) is 131 Å². The molecule has 0 spiro atoms. The first kappa shape index (κ1) is 27.6. The molecule has 0 aliphatic carbocycles. The molecule has 0 radical (unpaired) electrons. The number of phenols is 1. The summed E-state index contributed by atoms with van der Waals surface area (Å²) in [4.78, 5) is 27.2. The number of ether oxygens (including phenoxy) is 1. The van der Waals surface area contributed by atoms with Gasteiger partial charge in [0.05, 0.1) is 4.90 Å². The third kappa shape index (κ3) is 7.76. The van der Waals surface area contributed by atoms with Crippen molar-refractivity contribution in [2.75, 3.05) is 6.61 Å². The van der Waals surface area contributed by atoms with E-state index in [1.807, 2.05) is 66.7 Å². The number of nitrogens with zero attached hydrogens (tertiary/aromatic N) is 1. The number of nitrogens with one attached hydrogen (secondary N) is 1. The Kier molecular flexibility index (Phi) is 9.09. The molecule has 200 valence electrons. The topological polar surface area (TPSA) is 113 Å². The predicted octanol–water partition coefficient (Wildman–Crippen LogP) is 4.26. The number of phenolic OH excluding ortho intramolecular Hbond substituents is 1. The fraction of sp³-hybridized carbons (Fsp3) is 0.133. The fourth-order valence-corrected chi connectivity index (χ4v) is 4.88. The van der Waals surface area contributed by atoms with Gasteiger partial charge in [0.25, 0.3) is 5.91 Å². The van der Waals surface area contributed by atoms with Crippen LogP contribution in [0.25, 0.3) is 0 Å². The molecule has 0 aliphatic rings. The third-order valence-electron chi connectivity index (χ3n) is 5.92. The first-order valence-electron chi connectivity index (χ1n) is 12.2. The van der Waals surface area contributed by atoms with Crippen LogP contribution in [0.5, 0.6) is 5.75 Å². The van der Waals surface area contributed by atoms with E-state index in [4.69, 9.17) is 4.74 Å². The summed E-state index contributed by atoms with van der Waals surface area (Å²) in [5.74, 6) is -1.91. The van der Waals surface area contributed by atoms with Crippen molar-refractivity contribution in [2.45, 2.75) is 24.5 Å². The Labute approximate surface area is 227 Å². The van der Waals surface area contributed by atoms with Gasteiger partial charge in [0.15, 0.2) is 6.61 Å². The summed E-state index contributed by atoms with van der Waals surface area (Å²) in [6.07, 6.45) is 0. The van der Waals surface area contributed by atoms with Crippen molar-refractivity contribution < 1.29 is 27.9 Å². The van der Waals surface area contributed by atoms with Gasteiger partial charge in [-0.05, 0) is 34.9 Å². The molecule has 1 amide bonds. The highest BCUT2D eigenvalue weighted by Crippen LogP contribution is 2.23. The summed E-state index contributed by atoms with van der Waals surface area (Å²) in [5, 5.41) is 10.2. The first-order chi connectivity index (χ1) is 18.8. The van der Waals surface area contributed by atoms with E-state index in [9.17, 15) is 23.1 Å². The Morgan fingerprint density at radius 1 is 0.744 bits per heavy atom. The molecule has 0 unspecified atom stereocenters. The predicted molar refractivity (Wildman–Crippen MR) is 146 cm³/mol. The number of carbonyl (C=O) groups is 2. The fourth-order valence-electron chi connectivity index (χ4n) is 3.84. The van der Waals surface area contributed by atoms with Gasteiger partial charge >= 0.3 is 5.97 Å². The lowest BCUT2D eigenvalue weighted by Gasteiger charge is -2.23. The average molecular weight is 545 g/mol. The van der Waals surface area contributed by atoms with Gasteiger partial charge < -0.3 is 14.7 Å². The highest BCUT2D eigenvalue weighted by Gasteiger charge is 2.22. The molecule has 0 saturated carbocycles. The number of hydrogen-bond donors (Lipinski definition) is 2. The summed E-state index contributed by atoms with van der Waals surface area (Å²) in [5.41, 5.74) is 2.22. The normalized spacial score (nSPS) is 11.1. The summed E-state index contributed by atoms with van der Waals surface area (Å²) in [6, 6.07) is 31.1. The van der Waals surface area contributed by atoms with E-state index in [0.29, 0.717) is 13.1 Å². The number of sulfonamides is 1. The quantitative estimate of drug-likeness (QED) is 0.273. The van der Waals surface area contributed by atoms with Gasteiger partial charge in [-0.15, -0.1) is 0 Å². The Balaban J connectivity index is 1.44. The van der Waals surface area contributed by atoms with Crippen LogP contribution in [-0.2, 0) is 39.2 Å². The molecule has 4 aromatic rings. The highest BCUT2D eigenvalue weighted by molar-refractivity contribution is 7.89. The first-order valence-corrected chi connectivity index (χ1v) is 13.7. The van der Waals surface area contributed by atoms with Gasteiger partial charge in [-0.1, -0.05) is 91.0 Å². The standard InChI is InChI=1S/C30H28N2O6S/c33-28-17-16-26(39(36,37)31-19-23-10-4-1-5-11-23)18-27(28)30(35)38-22-29(34)32(20-24-12-6-2-7-13-24)21-25-14-8-3-9-15-25/h1-18,31,33H,19-22H2. The maximum Gasteiger partial charge on any atom is 0.342 e. The average Bonchev–Trinajstić information content (AvgIpc) is 2.96. The van der Waals surface area contributed by atoms with Crippen molar-refractivity contribution in [1.29, 1.82) is 0 Å². The lowest BCUT2D eigenvalue weighted by molar-refractivity contribution is -0.135. The molecule has 2 N–H and O–H groups in total. The molecule has 0 heterocycles. The largest absolute Gasteiger partial charge is 0.507 e. The minimum atomic E-state index is -3.99. The number of aromatic hydroxyl groups is 1. The zero-order valence-electron chi connectivity index (χ0n) is 21.1. The molecule has 0 bridgehead atoms. The molecule has 0 atom stereocenters.